The van der Waals surface area contributed by atoms with Crippen molar-refractivity contribution in [2.24, 2.45) is 0 Å². The van der Waals surface area contributed by atoms with Crippen LogP contribution in [-0.2, 0) is 4.79 Å². The van der Waals surface area contributed by atoms with E-state index in [9.17, 15) is 24.3 Å². The third-order valence-electron chi connectivity index (χ3n) is 3.60. The lowest BCUT2D eigenvalue weighted by atomic mass is 10.1. The molecule has 2 aromatic carbocycles. The average molecular weight is 384 g/mol. The van der Waals surface area contributed by atoms with Crippen LogP contribution in [0.5, 0.6) is 5.75 Å². The first kappa shape index (κ1) is 18.2. The van der Waals surface area contributed by atoms with E-state index in [1.165, 1.54) is 30.3 Å². The fourth-order valence-corrected chi connectivity index (χ4v) is 2.98. The molecule has 1 fully saturated rings. The fourth-order valence-electron chi connectivity index (χ4n) is 2.30. The van der Waals surface area contributed by atoms with Crippen LogP contribution in [-0.4, -0.2) is 33.2 Å². The van der Waals surface area contributed by atoms with Gasteiger partial charge in [-0.25, -0.2) is 4.79 Å². The molecule has 3 rings (SSSR count). The predicted molar refractivity (Wildman–Crippen MR) is 98.6 cm³/mol. The van der Waals surface area contributed by atoms with E-state index >= 15 is 0 Å². The van der Waals surface area contributed by atoms with Gasteiger partial charge in [-0.2, -0.15) is 0 Å². The second kappa shape index (κ2) is 7.34. The van der Waals surface area contributed by atoms with Gasteiger partial charge in [-0.1, -0.05) is 12.1 Å². The van der Waals surface area contributed by atoms with E-state index in [-0.39, 0.29) is 16.2 Å². The minimum Gasteiger partial charge on any atom is -0.507 e. The van der Waals surface area contributed by atoms with Gasteiger partial charge < -0.3 is 15.5 Å². The molecule has 0 bridgehead atoms. The van der Waals surface area contributed by atoms with Crippen molar-refractivity contribution >= 4 is 46.5 Å². The highest BCUT2D eigenvalue weighted by Gasteiger charge is 2.24. The zero-order valence-electron chi connectivity index (χ0n) is 13.6. The SMILES string of the molecule is O=C1NC(=O)/C(=C\c2ccc(C(=O)Nc3ccc(C(=O)O)c(O)c3)cc2)S1. The topological polar surface area (TPSA) is 133 Å². The number of hydrogen-bond donors (Lipinski definition) is 4. The number of aromatic hydroxyl groups is 1. The lowest BCUT2D eigenvalue weighted by Gasteiger charge is -2.07. The number of anilines is 1. The van der Waals surface area contributed by atoms with Crippen molar-refractivity contribution < 1.29 is 29.4 Å². The summed E-state index contributed by atoms with van der Waals surface area (Å²) in [6.45, 7) is 0. The summed E-state index contributed by atoms with van der Waals surface area (Å²) in [5, 5.41) is 22.8. The summed E-state index contributed by atoms with van der Waals surface area (Å²) >= 11 is 0.802. The number of carbonyl (C=O) groups excluding carboxylic acids is 3. The number of rotatable bonds is 4. The Bertz CT molecular complexity index is 997. The zero-order valence-corrected chi connectivity index (χ0v) is 14.4. The molecule has 9 heteroatoms. The van der Waals surface area contributed by atoms with Crippen molar-refractivity contribution in [3.63, 3.8) is 0 Å². The summed E-state index contributed by atoms with van der Waals surface area (Å²) < 4.78 is 0. The van der Waals surface area contributed by atoms with Crippen molar-refractivity contribution in [3.8, 4) is 5.75 Å². The van der Waals surface area contributed by atoms with Crippen LogP contribution in [0.2, 0.25) is 0 Å². The minimum atomic E-state index is -1.27. The molecule has 0 aromatic heterocycles. The zero-order chi connectivity index (χ0) is 19.6. The summed E-state index contributed by atoms with van der Waals surface area (Å²) in [6, 6.07) is 10.0. The van der Waals surface area contributed by atoms with Gasteiger partial charge in [-0.15, -0.1) is 0 Å². The quantitative estimate of drug-likeness (QED) is 0.596. The van der Waals surface area contributed by atoms with Crippen LogP contribution < -0.4 is 10.6 Å². The molecule has 1 heterocycles. The Labute approximate surface area is 156 Å². The molecule has 8 nitrogen and oxygen atoms in total. The van der Waals surface area contributed by atoms with Crippen LogP contribution in [0.1, 0.15) is 26.3 Å². The minimum absolute atomic E-state index is 0.242. The second-order valence-electron chi connectivity index (χ2n) is 5.47. The van der Waals surface area contributed by atoms with E-state index in [0.717, 1.165) is 17.8 Å². The number of carbonyl (C=O) groups is 4. The van der Waals surface area contributed by atoms with Gasteiger partial charge in [0.25, 0.3) is 17.1 Å². The molecule has 136 valence electrons. The monoisotopic (exact) mass is 384 g/mol. The first-order valence-electron chi connectivity index (χ1n) is 7.56. The number of carboxylic acid groups (broad SMARTS) is 1. The van der Waals surface area contributed by atoms with E-state index in [4.69, 9.17) is 5.11 Å². The highest BCUT2D eigenvalue weighted by molar-refractivity contribution is 8.18. The molecular weight excluding hydrogens is 372 g/mol. The van der Waals surface area contributed by atoms with Crippen LogP contribution in [0.25, 0.3) is 6.08 Å². The Balaban J connectivity index is 1.72. The molecule has 4 N–H and O–H groups in total. The number of hydrogen-bond acceptors (Lipinski definition) is 6. The highest BCUT2D eigenvalue weighted by atomic mass is 32.2. The lowest BCUT2D eigenvalue weighted by molar-refractivity contribution is -0.115. The third kappa shape index (κ3) is 4.15. The Morgan fingerprint density at radius 2 is 1.78 bits per heavy atom. The largest absolute Gasteiger partial charge is 0.507 e. The molecule has 0 aliphatic carbocycles. The summed E-state index contributed by atoms with van der Waals surface area (Å²) in [5.74, 6) is -2.65. The van der Waals surface area contributed by atoms with Crippen LogP contribution in [0, 0.1) is 0 Å². The number of nitrogens with one attached hydrogen (secondary N) is 2. The van der Waals surface area contributed by atoms with Crippen molar-refractivity contribution in [1.29, 1.82) is 0 Å². The van der Waals surface area contributed by atoms with E-state index < -0.39 is 28.8 Å². The van der Waals surface area contributed by atoms with E-state index in [2.05, 4.69) is 10.6 Å². The van der Waals surface area contributed by atoms with E-state index in [1.54, 1.807) is 12.1 Å². The van der Waals surface area contributed by atoms with Crippen LogP contribution in [0.3, 0.4) is 0 Å². The number of thioether (sulfide) groups is 1. The lowest BCUT2D eigenvalue weighted by Crippen LogP contribution is -2.17. The van der Waals surface area contributed by atoms with E-state index in [0.29, 0.717) is 11.1 Å². The summed E-state index contributed by atoms with van der Waals surface area (Å²) in [6.07, 6.45) is 1.54. The molecule has 1 aliphatic heterocycles. The fraction of sp³-hybridized carbons (Fsp3) is 0. The van der Waals surface area contributed by atoms with Gasteiger partial charge in [-0.05, 0) is 47.7 Å². The van der Waals surface area contributed by atoms with Crippen molar-refractivity contribution in [1.82, 2.24) is 5.32 Å². The molecule has 0 unspecified atom stereocenters. The first-order valence-corrected chi connectivity index (χ1v) is 8.38. The molecular formula is C18H12N2O6S. The molecule has 3 amide bonds. The maximum absolute atomic E-state index is 12.3. The molecule has 1 saturated heterocycles. The summed E-state index contributed by atoms with van der Waals surface area (Å²) in [5.41, 5.74) is 0.935. The van der Waals surface area contributed by atoms with Gasteiger partial charge in [-0.3, -0.25) is 19.7 Å². The van der Waals surface area contributed by atoms with Gasteiger partial charge >= 0.3 is 5.97 Å². The molecule has 0 spiro atoms. The van der Waals surface area contributed by atoms with Crippen molar-refractivity contribution in [3.05, 3.63) is 64.1 Å². The molecule has 1 aliphatic rings. The predicted octanol–water partition coefficient (Wildman–Crippen LogP) is 2.67. The molecule has 2 aromatic rings. The Kier molecular flexibility index (Phi) is 4.95. The molecule has 27 heavy (non-hydrogen) atoms. The van der Waals surface area contributed by atoms with Gasteiger partial charge in [0.1, 0.15) is 11.3 Å². The number of carboxylic acids is 1. The van der Waals surface area contributed by atoms with Crippen LogP contribution in [0.4, 0.5) is 10.5 Å². The van der Waals surface area contributed by atoms with E-state index in [1.807, 2.05) is 0 Å². The first-order chi connectivity index (χ1) is 12.8. The van der Waals surface area contributed by atoms with Crippen LogP contribution in [0.15, 0.2) is 47.4 Å². The third-order valence-corrected chi connectivity index (χ3v) is 4.41. The summed E-state index contributed by atoms with van der Waals surface area (Å²) in [4.78, 5) is 46.1. The number of phenols is 1. The molecule has 0 saturated carbocycles. The van der Waals surface area contributed by atoms with Crippen LogP contribution >= 0.6 is 11.8 Å². The van der Waals surface area contributed by atoms with Crippen molar-refractivity contribution in [2.45, 2.75) is 0 Å². The average Bonchev–Trinajstić information content (AvgIpc) is 2.92. The maximum Gasteiger partial charge on any atom is 0.339 e. The highest BCUT2D eigenvalue weighted by Crippen LogP contribution is 2.26. The van der Waals surface area contributed by atoms with Gasteiger partial charge in [0, 0.05) is 17.3 Å². The number of benzene rings is 2. The van der Waals surface area contributed by atoms with Crippen molar-refractivity contribution in [2.75, 3.05) is 5.32 Å². The standard InChI is InChI=1S/C18H12N2O6S/c21-13-8-11(5-6-12(13)17(24)25)19-15(22)10-3-1-9(2-4-10)7-14-16(23)20-18(26)27-14/h1-8,21H,(H,19,22)(H,24,25)(H,20,23,26)/b14-7+. The Morgan fingerprint density at radius 1 is 1.07 bits per heavy atom. The smallest absolute Gasteiger partial charge is 0.339 e. The summed E-state index contributed by atoms with van der Waals surface area (Å²) in [7, 11) is 0. The maximum atomic E-state index is 12.3. The van der Waals surface area contributed by atoms with Gasteiger partial charge in [0.05, 0.1) is 4.91 Å². The Morgan fingerprint density at radius 3 is 2.33 bits per heavy atom. The molecule has 0 atom stereocenters. The van der Waals surface area contributed by atoms with Gasteiger partial charge in [0.2, 0.25) is 0 Å². The number of aromatic carboxylic acids is 1. The second-order valence-corrected chi connectivity index (χ2v) is 6.48. The number of imide groups is 1. The van der Waals surface area contributed by atoms with Gasteiger partial charge in [0.15, 0.2) is 0 Å². The molecule has 0 radical (unpaired) electrons. The Hall–Kier alpha value is -3.59. The number of amides is 3. The normalized spacial score (nSPS) is 14.9.